The van der Waals surface area contributed by atoms with Crippen LogP contribution in [-0.2, 0) is 27.6 Å². The molecule has 3 N–H and O–H groups in total. The van der Waals surface area contributed by atoms with E-state index in [-0.39, 0.29) is 24.0 Å². The standard InChI is InChI=1S/C12H21N5O3S/c1-12(4-6-21(19,20)9-12)14-11(18)8-17-7-10(15-16-17)3-2-5-13/h7H,2-6,8-9,13H2,1H3,(H,14,18). The molecular weight excluding hydrogens is 294 g/mol. The first kappa shape index (κ1) is 15.9. The minimum atomic E-state index is -3.04. The van der Waals surface area contributed by atoms with Crippen LogP contribution in [0.4, 0.5) is 0 Å². The average molecular weight is 315 g/mol. The highest BCUT2D eigenvalue weighted by atomic mass is 32.2. The molecule has 1 aliphatic rings. The molecule has 1 amide bonds. The Morgan fingerprint density at radius 1 is 1.57 bits per heavy atom. The van der Waals surface area contributed by atoms with E-state index in [0.717, 1.165) is 18.5 Å². The summed E-state index contributed by atoms with van der Waals surface area (Å²) in [5, 5.41) is 10.6. The van der Waals surface area contributed by atoms with Gasteiger partial charge in [0.05, 0.1) is 22.7 Å². The molecule has 1 unspecified atom stereocenters. The predicted octanol–water partition coefficient (Wildman–Crippen LogP) is -1.14. The summed E-state index contributed by atoms with van der Waals surface area (Å²) in [6, 6.07) is 0. The van der Waals surface area contributed by atoms with Gasteiger partial charge < -0.3 is 11.1 Å². The van der Waals surface area contributed by atoms with Gasteiger partial charge in [-0.05, 0) is 32.7 Å². The number of nitrogens with zero attached hydrogens (tertiary/aromatic N) is 3. The average Bonchev–Trinajstić information content (AvgIpc) is 2.91. The van der Waals surface area contributed by atoms with Crippen molar-refractivity contribution >= 4 is 15.7 Å². The van der Waals surface area contributed by atoms with Crippen molar-refractivity contribution in [3.05, 3.63) is 11.9 Å². The van der Waals surface area contributed by atoms with Gasteiger partial charge in [-0.3, -0.25) is 4.79 Å². The van der Waals surface area contributed by atoms with E-state index in [0.29, 0.717) is 13.0 Å². The molecule has 0 radical (unpaired) electrons. The number of nitrogens with two attached hydrogens (primary N) is 1. The summed E-state index contributed by atoms with van der Waals surface area (Å²) in [6.07, 6.45) is 3.71. The Balaban J connectivity index is 1.89. The van der Waals surface area contributed by atoms with Gasteiger partial charge in [-0.15, -0.1) is 5.10 Å². The number of aryl methyl sites for hydroxylation is 1. The van der Waals surface area contributed by atoms with E-state index in [9.17, 15) is 13.2 Å². The SMILES string of the molecule is CC1(NC(=O)Cn2cc(CCCN)nn2)CCS(=O)(=O)C1. The van der Waals surface area contributed by atoms with Crippen LogP contribution in [0, 0.1) is 0 Å². The van der Waals surface area contributed by atoms with E-state index < -0.39 is 15.4 Å². The fourth-order valence-corrected chi connectivity index (χ4v) is 4.54. The molecule has 21 heavy (non-hydrogen) atoms. The molecule has 1 aliphatic heterocycles. The number of nitrogens with one attached hydrogen (secondary N) is 1. The van der Waals surface area contributed by atoms with E-state index in [2.05, 4.69) is 15.6 Å². The van der Waals surface area contributed by atoms with Crippen molar-refractivity contribution in [3.8, 4) is 0 Å². The highest BCUT2D eigenvalue weighted by molar-refractivity contribution is 7.91. The topological polar surface area (TPSA) is 120 Å². The number of amides is 1. The predicted molar refractivity (Wildman–Crippen MR) is 77.2 cm³/mol. The van der Waals surface area contributed by atoms with E-state index >= 15 is 0 Å². The first-order valence-electron chi connectivity index (χ1n) is 6.92. The van der Waals surface area contributed by atoms with E-state index in [1.165, 1.54) is 4.68 Å². The quantitative estimate of drug-likeness (QED) is 0.685. The van der Waals surface area contributed by atoms with Gasteiger partial charge in [0.15, 0.2) is 9.84 Å². The van der Waals surface area contributed by atoms with Gasteiger partial charge in [0.1, 0.15) is 6.54 Å². The molecular formula is C12H21N5O3S. The molecule has 0 aromatic carbocycles. The Morgan fingerprint density at radius 3 is 2.95 bits per heavy atom. The molecule has 2 rings (SSSR count). The van der Waals surface area contributed by atoms with Crippen LogP contribution in [-0.4, -0.2) is 52.9 Å². The smallest absolute Gasteiger partial charge is 0.242 e. The number of rotatable bonds is 6. The summed E-state index contributed by atoms with van der Waals surface area (Å²) < 4.78 is 24.5. The van der Waals surface area contributed by atoms with Crippen LogP contribution in [0.1, 0.15) is 25.5 Å². The van der Waals surface area contributed by atoms with Crippen molar-refractivity contribution in [2.75, 3.05) is 18.1 Å². The number of hydrogen-bond acceptors (Lipinski definition) is 6. The number of aromatic nitrogens is 3. The normalized spacial score (nSPS) is 24.1. The zero-order valence-electron chi connectivity index (χ0n) is 12.1. The maximum absolute atomic E-state index is 12.0. The lowest BCUT2D eigenvalue weighted by atomic mass is 10.0. The van der Waals surface area contributed by atoms with E-state index in [4.69, 9.17) is 5.73 Å². The molecule has 0 aliphatic carbocycles. The third kappa shape index (κ3) is 4.50. The number of sulfone groups is 1. The van der Waals surface area contributed by atoms with Crippen molar-refractivity contribution in [1.29, 1.82) is 0 Å². The van der Waals surface area contributed by atoms with Gasteiger partial charge in [0, 0.05) is 6.20 Å². The van der Waals surface area contributed by atoms with Crippen molar-refractivity contribution < 1.29 is 13.2 Å². The van der Waals surface area contributed by atoms with Gasteiger partial charge in [-0.1, -0.05) is 5.21 Å². The summed E-state index contributed by atoms with van der Waals surface area (Å²) in [6.45, 7) is 2.37. The first-order valence-corrected chi connectivity index (χ1v) is 8.75. The Kier molecular flexibility index (Phi) is 4.62. The van der Waals surface area contributed by atoms with Crippen molar-refractivity contribution in [1.82, 2.24) is 20.3 Å². The Labute approximate surface area is 124 Å². The molecule has 1 atom stereocenters. The molecule has 1 saturated heterocycles. The van der Waals surface area contributed by atoms with Crippen LogP contribution < -0.4 is 11.1 Å². The fraction of sp³-hybridized carbons (Fsp3) is 0.750. The number of carbonyl (C=O) groups is 1. The summed E-state index contributed by atoms with van der Waals surface area (Å²) in [7, 11) is -3.04. The molecule has 0 spiro atoms. The van der Waals surface area contributed by atoms with Gasteiger partial charge in [0.2, 0.25) is 5.91 Å². The van der Waals surface area contributed by atoms with E-state index in [1.807, 2.05) is 0 Å². The van der Waals surface area contributed by atoms with Crippen LogP contribution >= 0.6 is 0 Å². The zero-order chi connectivity index (χ0) is 15.5. The molecule has 2 heterocycles. The molecule has 9 heteroatoms. The lowest BCUT2D eigenvalue weighted by Crippen LogP contribution is -2.48. The second-order valence-electron chi connectivity index (χ2n) is 5.75. The monoisotopic (exact) mass is 315 g/mol. The second kappa shape index (κ2) is 6.10. The summed E-state index contributed by atoms with van der Waals surface area (Å²) >= 11 is 0. The van der Waals surface area contributed by atoms with Gasteiger partial charge in [0.25, 0.3) is 0 Å². The van der Waals surface area contributed by atoms with Crippen molar-refractivity contribution in [2.45, 2.75) is 38.3 Å². The third-order valence-corrected chi connectivity index (χ3v) is 5.38. The lowest BCUT2D eigenvalue weighted by Gasteiger charge is -2.23. The van der Waals surface area contributed by atoms with Crippen molar-refractivity contribution in [3.63, 3.8) is 0 Å². The van der Waals surface area contributed by atoms with Gasteiger partial charge in [-0.2, -0.15) is 0 Å². The molecule has 0 saturated carbocycles. The minimum absolute atomic E-state index is 0.00908. The summed E-state index contributed by atoms with van der Waals surface area (Å²) in [4.78, 5) is 12.0. The Hall–Kier alpha value is -1.48. The van der Waals surface area contributed by atoms with Gasteiger partial charge in [-0.25, -0.2) is 13.1 Å². The molecule has 1 fully saturated rings. The maximum Gasteiger partial charge on any atom is 0.242 e. The minimum Gasteiger partial charge on any atom is -0.348 e. The van der Waals surface area contributed by atoms with Crippen LogP contribution in [0.5, 0.6) is 0 Å². The largest absolute Gasteiger partial charge is 0.348 e. The lowest BCUT2D eigenvalue weighted by molar-refractivity contribution is -0.123. The van der Waals surface area contributed by atoms with Crippen LogP contribution in [0.2, 0.25) is 0 Å². The molecule has 1 aromatic rings. The second-order valence-corrected chi connectivity index (χ2v) is 7.93. The van der Waals surface area contributed by atoms with Crippen LogP contribution in [0.25, 0.3) is 0 Å². The Bertz CT molecular complexity index is 612. The molecule has 118 valence electrons. The first-order chi connectivity index (χ1) is 9.82. The van der Waals surface area contributed by atoms with Crippen LogP contribution in [0.3, 0.4) is 0 Å². The number of carbonyl (C=O) groups excluding carboxylic acids is 1. The Morgan fingerprint density at radius 2 is 2.33 bits per heavy atom. The molecule has 1 aromatic heterocycles. The fourth-order valence-electron chi connectivity index (χ4n) is 2.45. The summed E-state index contributed by atoms with van der Waals surface area (Å²) in [5.74, 6) is -0.147. The van der Waals surface area contributed by atoms with Gasteiger partial charge >= 0.3 is 0 Å². The maximum atomic E-state index is 12.0. The number of hydrogen-bond donors (Lipinski definition) is 2. The van der Waals surface area contributed by atoms with Crippen LogP contribution in [0.15, 0.2) is 6.20 Å². The third-order valence-electron chi connectivity index (χ3n) is 3.47. The highest BCUT2D eigenvalue weighted by Gasteiger charge is 2.39. The van der Waals surface area contributed by atoms with Crippen molar-refractivity contribution in [2.24, 2.45) is 5.73 Å². The molecule has 8 nitrogen and oxygen atoms in total. The van der Waals surface area contributed by atoms with E-state index in [1.54, 1.807) is 13.1 Å². The summed E-state index contributed by atoms with van der Waals surface area (Å²) in [5.41, 5.74) is 5.54. The molecule has 0 bridgehead atoms. The zero-order valence-corrected chi connectivity index (χ0v) is 12.9. The highest BCUT2D eigenvalue weighted by Crippen LogP contribution is 2.22.